The van der Waals surface area contributed by atoms with E-state index < -0.39 is 17.9 Å². The first-order valence-corrected chi connectivity index (χ1v) is 36.1. The first kappa shape index (κ1) is 100. The van der Waals surface area contributed by atoms with E-state index in [-0.39, 0.29) is 114 Å². The molecule has 0 aliphatic carbocycles. The van der Waals surface area contributed by atoms with Gasteiger partial charge in [-0.3, -0.25) is 71.9 Å². The average molecular weight is 1470 g/mol. The van der Waals surface area contributed by atoms with Gasteiger partial charge in [0, 0.05) is 168 Å². The van der Waals surface area contributed by atoms with Crippen LogP contribution in [-0.2, 0) is 95.7 Å². The Morgan fingerprint density at radius 3 is 0.837 bits per heavy atom. The van der Waals surface area contributed by atoms with E-state index in [1.807, 2.05) is 4.90 Å². The molecule has 0 bridgehead atoms. The van der Waals surface area contributed by atoms with Crippen LogP contribution < -0.4 is 34.8 Å². The van der Waals surface area contributed by atoms with Crippen molar-refractivity contribution in [2.75, 3.05) is 127 Å². The van der Waals surface area contributed by atoms with Crippen molar-refractivity contribution in [3.63, 3.8) is 0 Å². The number of likely N-dealkylation sites (tertiary alicyclic amines) is 6. The van der Waals surface area contributed by atoms with Crippen molar-refractivity contribution in [2.45, 2.75) is 219 Å². The molecule has 32 nitrogen and oxygen atoms in total. The maximum atomic E-state index is 11.5. The van der Waals surface area contributed by atoms with Crippen LogP contribution in [0.25, 0.3) is 0 Å². The predicted molar refractivity (Wildman–Crippen MR) is 377 cm³/mol. The number of nitrogens with one attached hydrogen (secondary N) is 3. The van der Waals surface area contributed by atoms with Crippen LogP contribution in [0.15, 0.2) is 12.7 Å². The fraction of sp³-hybridized carbons (Fsp3) is 0.746. The predicted octanol–water partition coefficient (Wildman–Crippen LogP) is 1.64. The molecule has 9 amide bonds. The van der Waals surface area contributed by atoms with Gasteiger partial charge in [0.1, 0.15) is 5.78 Å². The number of rotatable bonds is 19. The maximum Gasteiger partial charge on any atom is 1.00 e. The zero-order valence-electron chi connectivity index (χ0n) is 62.9. The molecule has 0 unspecified atom stereocenters. The largest absolute Gasteiger partial charge is 1.00 e. The minimum absolute atomic E-state index is 0. The molecule has 104 heavy (non-hydrogen) atoms. The van der Waals surface area contributed by atoms with Gasteiger partial charge in [-0.2, -0.15) is 0 Å². The first-order valence-electron chi connectivity index (χ1n) is 36.1. The van der Waals surface area contributed by atoms with Crippen molar-refractivity contribution < 1.29 is 130 Å². The van der Waals surface area contributed by atoms with Gasteiger partial charge < -0.3 is 80.0 Å². The Kier molecular flexibility index (Phi) is 62.2. The van der Waals surface area contributed by atoms with Crippen LogP contribution in [0.5, 0.6) is 0 Å². The van der Waals surface area contributed by atoms with Gasteiger partial charge in [-0.25, -0.2) is 4.79 Å². The van der Waals surface area contributed by atoms with Crippen molar-refractivity contribution in [3.8, 4) is 0 Å². The first-order chi connectivity index (χ1) is 48.8. The molecule has 6 N–H and O–H groups in total. The number of piperidine rings is 3. The molecule has 9 aliphatic rings. The Morgan fingerprint density at radius 1 is 0.346 bits per heavy atom. The van der Waals surface area contributed by atoms with Crippen LogP contribution in [0, 0.1) is 0 Å². The number of ether oxygens (including phenoxy) is 4. The second-order valence-electron chi connectivity index (χ2n) is 24.9. The number of hydrogen-bond acceptors (Lipinski definition) is 21. The van der Waals surface area contributed by atoms with Crippen LogP contribution in [0.3, 0.4) is 0 Å². The molecule has 33 heteroatoms. The van der Waals surface area contributed by atoms with Crippen LogP contribution in [0.2, 0.25) is 0 Å². The van der Waals surface area contributed by atoms with E-state index in [1.54, 1.807) is 31.4 Å². The summed E-state index contributed by atoms with van der Waals surface area (Å²) in [5, 5.41) is 24.9. The summed E-state index contributed by atoms with van der Waals surface area (Å²) in [5.41, 5.74) is 0. The van der Waals surface area contributed by atoms with Crippen molar-refractivity contribution in [1.82, 2.24) is 45.3 Å². The van der Waals surface area contributed by atoms with Gasteiger partial charge in [0.25, 0.3) is 0 Å². The van der Waals surface area contributed by atoms with Gasteiger partial charge in [-0.15, -0.1) is 0 Å². The monoisotopic (exact) mass is 1470 g/mol. The van der Waals surface area contributed by atoms with Crippen LogP contribution in [-0.4, -0.2) is 266 Å². The smallest absolute Gasteiger partial charge is 0.870 e. The van der Waals surface area contributed by atoms with Crippen molar-refractivity contribution in [3.05, 3.63) is 12.7 Å². The van der Waals surface area contributed by atoms with Crippen molar-refractivity contribution in [2.24, 2.45) is 0 Å². The maximum absolute atomic E-state index is 11.5. The van der Waals surface area contributed by atoms with E-state index in [4.69, 9.17) is 10.2 Å². The van der Waals surface area contributed by atoms with Crippen LogP contribution >= 0.6 is 0 Å². The third-order valence-corrected chi connectivity index (χ3v) is 16.7. The quantitative estimate of drug-likeness (QED) is 0.0531. The molecule has 0 spiro atoms. The third-order valence-electron chi connectivity index (χ3n) is 16.7. The molecule has 9 heterocycles. The molecule has 9 fully saturated rings. The molecule has 0 aromatic rings. The van der Waals surface area contributed by atoms with Gasteiger partial charge in [0.2, 0.25) is 53.2 Å². The zero-order valence-corrected chi connectivity index (χ0v) is 62.9. The molecule has 0 aromatic heterocycles. The van der Waals surface area contributed by atoms with E-state index in [9.17, 15) is 76.7 Å². The molecule has 9 saturated heterocycles. The normalized spacial score (nSPS) is 17.5. The molecular formula is C71H120LiN9O23. The number of ketones is 1. The number of carboxylic acid groups (broad SMARTS) is 2. The van der Waals surface area contributed by atoms with Crippen molar-refractivity contribution in [1.29, 1.82) is 0 Å². The molecule has 0 radical (unpaired) electrons. The summed E-state index contributed by atoms with van der Waals surface area (Å²) in [6, 6.07) is 0. The molecule has 0 atom stereocenters. The van der Waals surface area contributed by atoms with E-state index in [1.165, 1.54) is 34.9 Å². The Labute approximate surface area is 625 Å². The standard InChI is InChI=1S/C10H17NO3.C10H17NO2.C9H15NO3.2C8H13NO3.C7H11NO3.C6H11NO.C5H9NO.C4H7NO.C4H6O2.Li.H2O/c1-14-10(13)6-8-11-7-4-2-3-5-9(11)12;1-9(12)6-8-11-7-4-2-3-5-10(11)13;1-13-9(12)5-7-10-6-3-2-4-8(10)11;1-12-8(11)4-6-9-5-2-3-7(9)10;10-7-3-1-2-5-9(7)6-4-8(11)12;9-6-2-1-4-8(6)5-3-7(10)11;8-6-4-2-1-3-5-7-6;7-5-3-1-2-4-6-5;6-4-2-1-3-5-4;1-3-4(5)6-2;;/h2-8H2,1H3;2-8H2,1H3;2-7H2,1H3;2-6H2,1H3;1-6H2,(H,11,12);1-5H2,(H,10,11);1-5H2,(H,7,8);1-4H2,(H,6,7);1-3H2,(H,5,6);3H,1H2,2H3;;1H2/q;;;;;;;;;;+1;/p-1. The fourth-order valence-corrected chi connectivity index (χ4v) is 10.6. The number of carbonyl (C=O) groups is 16. The van der Waals surface area contributed by atoms with Crippen molar-refractivity contribution >= 4 is 94.8 Å². The minimum Gasteiger partial charge on any atom is -0.870 e. The fourth-order valence-electron chi connectivity index (χ4n) is 10.6. The summed E-state index contributed by atoms with van der Waals surface area (Å²) in [7, 11) is 5.39. The van der Waals surface area contributed by atoms with Gasteiger partial charge in [-0.1, -0.05) is 25.8 Å². The number of carbonyl (C=O) groups excluding carboxylic acids is 14. The van der Waals surface area contributed by atoms with Crippen LogP contribution in [0.4, 0.5) is 0 Å². The molecule has 0 aromatic carbocycles. The Hall–Kier alpha value is -7.98. The minimum atomic E-state index is -0.843. The summed E-state index contributed by atoms with van der Waals surface area (Å²) in [5.74, 6) is -1.13. The number of methoxy groups -OCH3 is 4. The number of nitrogens with zero attached hydrogens (tertiary/aromatic N) is 6. The average Bonchev–Trinajstić information content (AvgIpc) is 1.14. The Bertz CT molecular complexity index is 2590. The number of amides is 9. The SMILES string of the molecule is C=CC(=O)OC.CC(=O)CCN1CCCCCC1=O.COC(=O)CCN1CCCC1=O.COC(=O)CCN1CCCCC1=O.COC(=O)CCN1CCCCCC1=O.O=C(O)CCN1CCCC1=O.O=C(O)CCN1CCCCC1=O.O=C1CCCCCN1.O=C1CCCCN1.O=C1CCCN1.[Li+].[OH-]. The van der Waals surface area contributed by atoms with E-state index in [0.29, 0.717) is 103 Å². The topological polar surface area (TPSA) is 436 Å². The summed E-state index contributed by atoms with van der Waals surface area (Å²) >= 11 is 0. The van der Waals surface area contributed by atoms with Gasteiger partial charge >= 0.3 is 54.7 Å². The van der Waals surface area contributed by atoms with Gasteiger partial charge in [0.05, 0.1) is 60.5 Å². The van der Waals surface area contributed by atoms with E-state index in [0.717, 1.165) is 193 Å². The van der Waals surface area contributed by atoms with E-state index >= 15 is 0 Å². The number of carboxylic acids is 2. The van der Waals surface area contributed by atoms with Gasteiger partial charge in [-0.05, 0) is 103 Å². The summed E-state index contributed by atoms with van der Waals surface area (Å²) < 4.78 is 17.6. The molecule has 9 aliphatic heterocycles. The summed E-state index contributed by atoms with van der Waals surface area (Å²) in [6.45, 7) is 14.9. The number of esters is 4. The number of Topliss-reactive ketones (excluding diaryl/α,β-unsaturated/α-hetero) is 1. The Balaban J connectivity index is -0.00000110. The molecule has 0 saturated carbocycles. The second-order valence-corrected chi connectivity index (χ2v) is 24.9. The number of aliphatic carboxylic acids is 2. The van der Waals surface area contributed by atoms with E-state index in [2.05, 4.69) is 41.5 Å². The Morgan fingerprint density at radius 2 is 0.587 bits per heavy atom. The molecular weight excluding hydrogens is 1350 g/mol. The summed E-state index contributed by atoms with van der Waals surface area (Å²) in [4.78, 5) is 182. The van der Waals surface area contributed by atoms with Crippen LogP contribution in [0.1, 0.15) is 219 Å². The summed E-state index contributed by atoms with van der Waals surface area (Å²) in [6.07, 6.45) is 27.4. The molecule has 9 rings (SSSR count). The number of hydrogen-bond donors (Lipinski definition) is 5. The van der Waals surface area contributed by atoms with Gasteiger partial charge in [0.15, 0.2) is 0 Å². The second kappa shape index (κ2) is 64.6. The third kappa shape index (κ3) is 54.6. The zero-order chi connectivity index (χ0) is 76.3. The molecule has 588 valence electrons.